The van der Waals surface area contributed by atoms with Crippen LogP contribution in [0, 0.1) is 18.3 Å². The van der Waals surface area contributed by atoms with Gasteiger partial charge in [0.25, 0.3) is 11.5 Å². The van der Waals surface area contributed by atoms with Gasteiger partial charge in [-0.25, -0.2) is 4.39 Å². The third-order valence-corrected chi connectivity index (χ3v) is 7.43. The zero-order valence-electron chi connectivity index (χ0n) is 20.0. The first-order valence-corrected chi connectivity index (χ1v) is 11.9. The van der Waals surface area contributed by atoms with Crippen LogP contribution in [0.25, 0.3) is 0 Å². The number of carbonyl (C=O) groups excluding carboxylic acids is 1. The maximum Gasteiger partial charge on any atom is 0.295 e. The highest BCUT2D eigenvalue weighted by Crippen LogP contribution is 2.51. The summed E-state index contributed by atoms with van der Waals surface area (Å²) in [4.78, 5) is 30.4. The largest absolute Gasteiger partial charge is 0.503 e. The van der Waals surface area contributed by atoms with Gasteiger partial charge in [0.1, 0.15) is 11.9 Å². The topological polar surface area (TPSA) is 86.0 Å². The quantitative estimate of drug-likeness (QED) is 0.382. The van der Waals surface area contributed by atoms with Gasteiger partial charge < -0.3 is 15.1 Å². The Kier molecular flexibility index (Phi) is 6.82. The second kappa shape index (κ2) is 9.50. The van der Waals surface area contributed by atoms with Crippen LogP contribution < -0.4 is 5.56 Å². The van der Waals surface area contributed by atoms with Crippen molar-refractivity contribution in [2.75, 3.05) is 26.4 Å². The second-order valence-electron chi connectivity index (χ2n) is 10.2. The van der Waals surface area contributed by atoms with E-state index in [-0.39, 0.29) is 35.9 Å². The summed E-state index contributed by atoms with van der Waals surface area (Å²) in [6.45, 7) is 8.66. The van der Waals surface area contributed by atoms with Crippen molar-refractivity contribution >= 4 is 5.91 Å². The molecule has 1 atom stereocenters. The number of hydrogen-bond donors (Lipinski definition) is 2. The zero-order chi connectivity index (χ0) is 24.6. The molecule has 0 spiro atoms. The van der Waals surface area contributed by atoms with Crippen molar-refractivity contribution in [1.29, 1.82) is 0 Å². The highest BCUT2D eigenvalue weighted by atomic mass is 19.1. The molecule has 2 heterocycles. The van der Waals surface area contributed by atoms with E-state index in [0.717, 1.165) is 31.3 Å². The van der Waals surface area contributed by atoms with Crippen molar-refractivity contribution in [3.63, 3.8) is 0 Å². The lowest BCUT2D eigenvalue weighted by molar-refractivity contribution is 0.0613. The summed E-state index contributed by atoms with van der Waals surface area (Å²) < 4.78 is 13.9. The number of fused-ring (bicyclic) bond motifs is 1. The van der Waals surface area contributed by atoms with Crippen molar-refractivity contribution in [3.8, 4) is 5.75 Å². The van der Waals surface area contributed by atoms with Crippen molar-refractivity contribution in [1.82, 2.24) is 14.4 Å². The van der Waals surface area contributed by atoms with Crippen LogP contribution in [0.5, 0.6) is 5.75 Å². The highest BCUT2D eigenvalue weighted by Gasteiger charge is 2.51. The minimum atomic E-state index is -0.501. The van der Waals surface area contributed by atoms with Gasteiger partial charge in [0.2, 0.25) is 0 Å². The van der Waals surface area contributed by atoms with E-state index < -0.39 is 5.56 Å². The minimum Gasteiger partial charge on any atom is -0.503 e. The van der Waals surface area contributed by atoms with Gasteiger partial charge in [-0.1, -0.05) is 25.7 Å². The molecule has 4 rings (SSSR count). The van der Waals surface area contributed by atoms with E-state index in [0.29, 0.717) is 49.2 Å². The Labute approximate surface area is 199 Å². The third-order valence-electron chi connectivity index (χ3n) is 7.43. The van der Waals surface area contributed by atoms with Gasteiger partial charge in [0.15, 0.2) is 5.75 Å². The van der Waals surface area contributed by atoms with Crippen LogP contribution in [0.2, 0.25) is 0 Å². The molecule has 1 aromatic heterocycles. The molecule has 0 radical (unpaired) electrons. The fourth-order valence-corrected chi connectivity index (χ4v) is 4.91. The fourth-order valence-electron chi connectivity index (χ4n) is 4.91. The van der Waals surface area contributed by atoms with Gasteiger partial charge in [0.05, 0.1) is 13.1 Å². The zero-order valence-corrected chi connectivity index (χ0v) is 20.0. The van der Waals surface area contributed by atoms with E-state index in [9.17, 15) is 24.2 Å². The molecule has 2 saturated carbocycles. The van der Waals surface area contributed by atoms with E-state index in [2.05, 4.69) is 13.5 Å². The van der Waals surface area contributed by atoms with Crippen LogP contribution in [0.15, 0.2) is 41.5 Å². The number of aromatic hydroxyl groups is 1. The normalized spacial score (nSPS) is 21.6. The SMILES string of the molecule is C=C/C(=C\C=C\F)CN(CO)CCc1c(C)c(O)c(=O)n2c1C(=O)N(CC1(C)CC1)C2C1CC1. The molecular weight excluding hydrogens is 437 g/mol. The second-order valence-corrected chi connectivity index (χ2v) is 10.2. The van der Waals surface area contributed by atoms with Gasteiger partial charge in [-0.15, -0.1) is 0 Å². The van der Waals surface area contributed by atoms with E-state index in [1.54, 1.807) is 24.0 Å². The number of pyridine rings is 1. The number of carbonyl (C=O) groups is 1. The molecule has 3 aliphatic rings. The molecular formula is C26H34FN3O4. The van der Waals surface area contributed by atoms with Crippen LogP contribution >= 0.6 is 0 Å². The van der Waals surface area contributed by atoms with E-state index >= 15 is 0 Å². The Bertz CT molecular complexity index is 1100. The number of amides is 1. The number of aliphatic hydroxyl groups is 1. The lowest BCUT2D eigenvalue weighted by Gasteiger charge is -2.28. The molecule has 0 saturated heterocycles. The molecule has 184 valence electrons. The van der Waals surface area contributed by atoms with Crippen molar-refractivity contribution in [3.05, 3.63) is 63.9 Å². The Balaban J connectivity index is 1.66. The van der Waals surface area contributed by atoms with Gasteiger partial charge >= 0.3 is 0 Å². The van der Waals surface area contributed by atoms with Gasteiger partial charge in [-0.3, -0.25) is 19.1 Å². The highest BCUT2D eigenvalue weighted by molar-refractivity contribution is 5.97. The molecule has 34 heavy (non-hydrogen) atoms. The third kappa shape index (κ3) is 4.61. The molecule has 0 bridgehead atoms. The monoisotopic (exact) mass is 471 g/mol. The van der Waals surface area contributed by atoms with Gasteiger partial charge in [0, 0.05) is 25.2 Å². The number of halogens is 1. The summed E-state index contributed by atoms with van der Waals surface area (Å²) in [7, 11) is 0. The first-order chi connectivity index (χ1) is 16.2. The molecule has 8 heteroatoms. The maximum absolute atomic E-state index is 13.7. The summed E-state index contributed by atoms with van der Waals surface area (Å²) in [5.74, 6) is -0.222. The van der Waals surface area contributed by atoms with E-state index in [1.807, 2.05) is 4.90 Å². The molecule has 1 amide bonds. The summed E-state index contributed by atoms with van der Waals surface area (Å²) in [5, 5.41) is 20.6. The number of hydrogen-bond acceptors (Lipinski definition) is 5. The predicted molar refractivity (Wildman–Crippen MR) is 128 cm³/mol. The number of aromatic nitrogens is 1. The molecule has 7 nitrogen and oxygen atoms in total. The number of aliphatic hydroxyl groups excluding tert-OH is 1. The first kappa shape index (κ1) is 24.4. The van der Waals surface area contributed by atoms with Crippen molar-refractivity contribution in [2.24, 2.45) is 11.3 Å². The molecule has 2 N–H and O–H groups in total. The predicted octanol–water partition coefficient (Wildman–Crippen LogP) is 3.42. The Morgan fingerprint density at radius 1 is 1.32 bits per heavy atom. The average Bonchev–Trinajstić information content (AvgIpc) is 3.76. The van der Waals surface area contributed by atoms with Gasteiger partial charge in [-0.2, -0.15) is 0 Å². The fraction of sp³-hybridized carbons (Fsp3) is 0.538. The molecule has 1 aliphatic heterocycles. The lowest BCUT2D eigenvalue weighted by atomic mass is 10.0. The van der Waals surface area contributed by atoms with Crippen molar-refractivity contribution < 1.29 is 19.4 Å². The van der Waals surface area contributed by atoms with Crippen molar-refractivity contribution in [2.45, 2.75) is 52.1 Å². The summed E-state index contributed by atoms with van der Waals surface area (Å²) in [5.41, 5.74) is 1.75. The first-order valence-electron chi connectivity index (χ1n) is 11.9. The summed E-state index contributed by atoms with van der Waals surface area (Å²) in [6.07, 6.45) is 8.95. The lowest BCUT2D eigenvalue weighted by Crippen LogP contribution is -2.36. The number of nitrogens with zero attached hydrogens (tertiary/aromatic N) is 3. The molecule has 0 aromatic carbocycles. The summed E-state index contributed by atoms with van der Waals surface area (Å²) >= 11 is 0. The number of rotatable bonds is 11. The van der Waals surface area contributed by atoms with Crippen LogP contribution in [0.4, 0.5) is 4.39 Å². The minimum absolute atomic E-state index is 0.0981. The molecule has 2 aliphatic carbocycles. The van der Waals surface area contributed by atoms with Crippen LogP contribution in [-0.2, 0) is 6.42 Å². The maximum atomic E-state index is 13.7. The standard InChI is InChI=1S/C26H34FN3O4/c1-4-18(6-5-12-27)14-28(16-31)13-9-20-17(2)22(32)25(34)30-21(20)24(33)29(15-26(3)10-11-26)23(30)19-7-8-19/h4-6,12,19,23,31-32H,1,7-11,13-16H2,2-3H3/b12-5+,18-6+. The summed E-state index contributed by atoms with van der Waals surface area (Å²) in [6, 6.07) is 0. The van der Waals surface area contributed by atoms with Crippen LogP contribution in [0.1, 0.15) is 60.4 Å². The number of allylic oxidation sites excluding steroid dienone is 2. The van der Waals surface area contributed by atoms with Gasteiger partial charge in [-0.05, 0) is 67.6 Å². The molecule has 2 fully saturated rings. The average molecular weight is 472 g/mol. The van der Waals surface area contributed by atoms with E-state index in [4.69, 9.17) is 0 Å². The Hall–Kier alpha value is -2.71. The molecule has 1 unspecified atom stereocenters. The van der Waals surface area contributed by atoms with E-state index in [1.165, 1.54) is 10.6 Å². The molecule has 1 aromatic rings. The Morgan fingerprint density at radius 3 is 2.59 bits per heavy atom. The van der Waals surface area contributed by atoms with Crippen LogP contribution in [0.3, 0.4) is 0 Å². The van der Waals surface area contributed by atoms with Crippen LogP contribution in [-0.4, -0.2) is 56.9 Å². The Morgan fingerprint density at radius 2 is 2.03 bits per heavy atom. The smallest absolute Gasteiger partial charge is 0.295 e.